The van der Waals surface area contributed by atoms with Crippen molar-refractivity contribution in [2.24, 2.45) is 0 Å². The van der Waals surface area contributed by atoms with Crippen molar-refractivity contribution < 1.29 is 16.8 Å². The van der Waals surface area contributed by atoms with Crippen molar-refractivity contribution in [3.05, 3.63) is 48.7 Å². The molecule has 6 nitrogen and oxygen atoms in total. The van der Waals surface area contributed by atoms with Crippen molar-refractivity contribution in [3.8, 4) is 0 Å². The molecule has 1 heterocycles. The molecule has 2 rings (SSSR count). The number of anilines is 1. The van der Waals surface area contributed by atoms with Crippen LogP contribution in [0.3, 0.4) is 0 Å². The molecule has 1 aromatic heterocycles. The van der Waals surface area contributed by atoms with Crippen LogP contribution in [0, 0.1) is 0 Å². The summed E-state index contributed by atoms with van der Waals surface area (Å²) in [5, 5.41) is 0. The highest BCUT2D eigenvalue weighted by Crippen LogP contribution is 2.17. The lowest BCUT2D eigenvalue weighted by atomic mass is 10.4. The number of aromatic nitrogens is 1. The van der Waals surface area contributed by atoms with Gasteiger partial charge in [-0.05, 0) is 36.4 Å². The van der Waals surface area contributed by atoms with Crippen molar-refractivity contribution in [1.82, 2.24) is 4.98 Å². The largest absolute Gasteiger partial charge is 0.263 e. The summed E-state index contributed by atoms with van der Waals surface area (Å²) in [6.45, 7) is 1.53. The molecule has 8 heteroatoms. The molecule has 21 heavy (non-hydrogen) atoms. The van der Waals surface area contributed by atoms with Crippen LogP contribution < -0.4 is 4.72 Å². The second-order valence-corrected chi connectivity index (χ2v) is 8.16. The fraction of sp³-hybridized carbons (Fsp3) is 0.154. The number of hydrogen-bond donors (Lipinski definition) is 1. The first kappa shape index (κ1) is 15.5. The molecule has 1 N–H and O–H groups in total. The summed E-state index contributed by atoms with van der Waals surface area (Å²) >= 11 is 0. The molecule has 0 spiro atoms. The van der Waals surface area contributed by atoms with E-state index in [0.717, 1.165) is 0 Å². The standard InChI is InChI=1S/C13H14N2O4S2/c1-2-20(16,17)11-6-8-12(9-7-11)21(18,19)15-13-5-3-4-10-14-13/h3-10H,2H2,1H3,(H,14,15). The van der Waals surface area contributed by atoms with E-state index in [4.69, 9.17) is 0 Å². The van der Waals surface area contributed by atoms with E-state index in [1.54, 1.807) is 12.1 Å². The van der Waals surface area contributed by atoms with Gasteiger partial charge in [-0.3, -0.25) is 4.72 Å². The summed E-state index contributed by atoms with van der Waals surface area (Å²) in [4.78, 5) is 3.95. The van der Waals surface area contributed by atoms with Crippen LogP contribution in [0.25, 0.3) is 0 Å². The third kappa shape index (κ3) is 3.59. The Bertz CT molecular complexity index is 814. The summed E-state index contributed by atoms with van der Waals surface area (Å²) in [6.07, 6.45) is 1.47. The van der Waals surface area contributed by atoms with Gasteiger partial charge in [0, 0.05) is 6.20 Å². The third-order valence-corrected chi connectivity index (χ3v) is 5.90. The van der Waals surface area contributed by atoms with Crippen LogP contribution in [0.1, 0.15) is 6.92 Å². The zero-order valence-electron chi connectivity index (χ0n) is 11.2. The minimum absolute atomic E-state index is 0.0248. The van der Waals surface area contributed by atoms with Gasteiger partial charge in [0.05, 0.1) is 15.5 Å². The Morgan fingerprint density at radius 3 is 2.10 bits per heavy atom. The van der Waals surface area contributed by atoms with Gasteiger partial charge >= 0.3 is 0 Å². The molecule has 0 fully saturated rings. The quantitative estimate of drug-likeness (QED) is 0.902. The Morgan fingerprint density at radius 1 is 0.952 bits per heavy atom. The molecule has 0 radical (unpaired) electrons. The summed E-state index contributed by atoms with van der Waals surface area (Å²) in [6, 6.07) is 9.93. The number of rotatable bonds is 5. The Hall–Kier alpha value is -1.93. The average Bonchev–Trinajstić information content (AvgIpc) is 2.48. The normalized spacial score (nSPS) is 12.0. The maximum absolute atomic E-state index is 12.1. The van der Waals surface area contributed by atoms with Crippen LogP contribution in [0.2, 0.25) is 0 Å². The van der Waals surface area contributed by atoms with Crippen LogP contribution in [0.4, 0.5) is 5.82 Å². The van der Waals surface area contributed by atoms with Crippen LogP contribution in [0.15, 0.2) is 58.5 Å². The SMILES string of the molecule is CCS(=O)(=O)c1ccc(S(=O)(=O)Nc2ccccn2)cc1. The number of sulfone groups is 1. The van der Waals surface area contributed by atoms with Crippen molar-refractivity contribution in [3.63, 3.8) is 0 Å². The summed E-state index contributed by atoms with van der Waals surface area (Å²) in [5.74, 6) is 0.161. The van der Waals surface area contributed by atoms with E-state index >= 15 is 0 Å². The van der Waals surface area contributed by atoms with Gasteiger partial charge in [0.25, 0.3) is 10.0 Å². The molecular formula is C13H14N2O4S2. The summed E-state index contributed by atoms with van der Waals surface area (Å²) < 4.78 is 49.9. The van der Waals surface area contributed by atoms with E-state index in [9.17, 15) is 16.8 Å². The first-order valence-corrected chi connectivity index (χ1v) is 9.25. The summed E-state index contributed by atoms with van der Waals surface area (Å²) in [5.41, 5.74) is 0. The summed E-state index contributed by atoms with van der Waals surface area (Å²) in [7, 11) is -7.14. The van der Waals surface area contributed by atoms with Gasteiger partial charge in [-0.15, -0.1) is 0 Å². The minimum atomic E-state index is -3.79. The van der Waals surface area contributed by atoms with Gasteiger partial charge in [-0.2, -0.15) is 0 Å². The zero-order chi connectivity index (χ0) is 15.5. The molecule has 112 valence electrons. The molecule has 0 aliphatic carbocycles. The van der Waals surface area contributed by atoms with Gasteiger partial charge in [0.1, 0.15) is 5.82 Å². The minimum Gasteiger partial charge on any atom is -0.263 e. The highest BCUT2D eigenvalue weighted by molar-refractivity contribution is 7.92. The molecule has 0 bridgehead atoms. The van der Waals surface area contributed by atoms with Gasteiger partial charge in [-0.1, -0.05) is 13.0 Å². The third-order valence-electron chi connectivity index (χ3n) is 2.78. The van der Waals surface area contributed by atoms with Crippen LogP contribution in [-0.2, 0) is 19.9 Å². The lowest BCUT2D eigenvalue weighted by Gasteiger charge is -2.08. The first-order valence-electron chi connectivity index (χ1n) is 6.12. The van der Waals surface area contributed by atoms with Crippen LogP contribution >= 0.6 is 0 Å². The smallest absolute Gasteiger partial charge is 0.263 e. The van der Waals surface area contributed by atoms with E-state index in [1.807, 2.05) is 0 Å². The average molecular weight is 326 g/mol. The lowest BCUT2D eigenvalue weighted by molar-refractivity contribution is 0.595. The van der Waals surface area contributed by atoms with Gasteiger partial charge < -0.3 is 0 Å². The number of pyridine rings is 1. The molecule has 0 amide bonds. The molecule has 2 aromatic rings. The number of sulfonamides is 1. The van der Waals surface area contributed by atoms with E-state index in [2.05, 4.69) is 9.71 Å². The number of nitrogens with one attached hydrogen (secondary N) is 1. The van der Waals surface area contributed by atoms with E-state index in [1.165, 1.54) is 43.5 Å². The van der Waals surface area contributed by atoms with Gasteiger partial charge in [0.15, 0.2) is 9.84 Å². The van der Waals surface area contributed by atoms with Gasteiger partial charge in [-0.25, -0.2) is 21.8 Å². The number of nitrogens with zero attached hydrogens (tertiary/aromatic N) is 1. The van der Waals surface area contributed by atoms with E-state index in [-0.39, 0.29) is 21.4 Å². The Labute approximate surface area is 123 Å². The first-order chi connectivity index (χ1) is 9.85. The van der Waals surface area contributed by atoms with Gasteiger partial charge in [0.2, 0.25) is 0 Å². The maximum atomic E-state index is 12.1. The topological polar surface area (TPSA) is 93.2 Å². The fourth-order valence-electron chi connectivity index (χ4n) is 1.61. The molecule has 0 saturated heterocycles. The van der Waals surface area contributed by atoms with Crippen molar-refractivity contribution in [1.29, 1.82) is 0 Å². The second kappa shape index (κ2) is 5.82. The molecule has 0 atom stereocenters. The predicted octanol–water partition coefficient (Wildman–Crippen LogP) is 1.68. The maximum Gasteiger partial charge on any atom is 0.263 e. The van der Waals surface area contributed by atoms with Crippen molar-refractivity contribution >= 4 is 25.7 Å². The Balaban J connectivity index is 2.30. The highest BCUT2D eigenvalue weighted by atomic mass is 32.2. The zero-order valence-corrected chi connectivity index (χ0v) is 12.9. The predicted molar refractivity (Wildman–Crippen MR) is 79.2 cm³/mol. The molecule has 0 aliphatic heterocycles. The Kier molecular flexibility index (Phi) is 4.29. The van der Waals surface area contributed by atoms with E-state index in [0.29, 0.717) is 0 Å². The monoisotopic (exact) mass is 326 g/mol. The Morgan fingerprint density at radius 2 is 1.57 bits per heavy atom. The number of benzene rings is 1. The molecular weight excluding hydrogens is 312 g/mol. The van der Waals surface area contributed by atoms with Crippen LogP contribution in [0.5, 0.6) is 0 Å². The van der Waals surface area contributed by atoms with Crippen molar-refractivity contribution in [2.75, 3.05) is 10.5 Å². The van der Waals surface area contributed by atoms with Crippen molar-refractivity contribution in [2.45, 2.75) is 16.7 Å². The second-order valence-electron chi connectivity index (χ2n) is 4.20. The number of hydrogen-bond acceptors (Lipinski definition) is 5. The lowest BCUT2D eigenvalue weighted by Crippen LogP contribution is -2.14. The highest BCUT2D eigenvalue weighted by Gasteiger charge is 2.17. The molecule has 0 unspecified atom stereocenters. The molecule has 0 aliphatic rings. The molecule has 1 aromatic carbocycles. The fourth-order valence-corrected chi connectivity index (χ4v) is 3.50. The molecule has 0 saturated carbocycles. The van der Waals surface area contributed by atoms with E-state index < -0.39 is 19.9 Å². The van der Waals surface area contributed by atoms with Crippen LogP contribution in [-0.4, -0.2) is 27.6 Å².